The molecule has 15 heteroatoms. The van der Waals surface area contributed by atoms with Gasteiger partial charge in [0.2, 0.25) is 0 Å². The molecule has 2 unspecified atom stereocenters. The van der Waals surface area contributed by atoms with E-state index in [1.807, 2.05) is 99.9 Å². The lowest BCUT2D eigenvalue weighted by Crippen LogP contribution is -2.60. The van der Waals surface area contributed by atoms with Crippen molar-refractivity contribution in [2.24, 2.45) is 0 Å². The molecular weight excluding hydrogens is 645 g/mol. The second-order valence-electron chi connectivity index (χ2n) is 12.9. The van der Waals surface area contributed by atoms with Gasteiger partial charge in [-0.2, -0.15) is 0 Å². The van der Waals surface area contributed by atoms with E-state index in [0.29, 0.717) is 0 Å². The number of rotatable bonds is 14. The molecule has 0 amide bonds. The van der Waals surface area contributed by atoms with Gasteiger partial charge in [-0.3, -0.25) is 19.1 Å². The maximum Gasteiger partial charge on any atom is 0.659 e. The molecule has 0 spiro atoms. The second kappa shape index (κ2) is 14.8. The van der Waals surface area contributed by atoms with Crippen LogP contribution in [0.15, 0.2) is 82.5 Å². The van der Waals surface area contributed by atoms with Crippen LogP contribution in [0.1, 0.15) is 30.4 Å². The third kappa shape index (κ3) is 9.52. The van der Waals surface area contributed by atoms with Gasteiger partial charge in [0.15, 0.2) is 29.0 Å². The van der Waals surface area contributed by atoms with Crippen LogP contribution in [0.2, 0.25) is 39.3 Å². The molecule has 1 fully saturated rings. The number of nitrogens with one attached hydrogen (secondary N) is 1. The molecule has 2 heterocycles. The molecular formula is C31H44N2O10Si3. The second-order valence-corrected chi connectivity index (χ2v) is 24.5. The smallest absolute Gasteiger partial charge is 0.457 e. The normalized spacial score (nSPS) is 20.6. The zero-order valence-corrected chi connectivity index (χ0v) is 30.6. The van der Waals surface area contributed by atoms with Gasteiger partial charge in [-0.05, 0) is 50.4 Å². The molecule has 46 heavy (non-hydrogen) atoms. The Labute approximate surface area is 272 Å². The number of hydrogen-bond acceptors (Lipinski definition) is 10. The Morgan fingerprint density at radius 2 is 1.41 bits per heavy atom. The number of ether oxygens (including phenoxy) is 3. The quantitative estimate of drug-likeness (QED) is 0.192. The van der Waals surface area contributed by atoms with Gasteiger partial charge in [0, 0.05) is 26.3 Å². The predicted octanol–water partition coefficient (Wildman–Crippen LogP) is 4.34. The van der Waals surface area contributed by atoms with Gasteiger partial charge in [-0.25, -0.2) is 4.79 Å². The Bertz CT molecular complexity index is 1500. The number of methoxy groups -OCH3 is 1. The van der Waals surface area contributed by atoms with E-state index in [4.69, 9.17) is 31.3 Å². The summed E-state index contributed by atoms with van der Waals surface area (Å²) in [5, 5.41) is 0. The maximum atomic E-state index is 12.7. The summed E-state index contributed by atoms with van der Waals surface area (Å²) in [5.74, 6) is -0.570. The summed E-state index contributed by atoms with van der Waals surface area (Å²) in [5.41, 5.74) is 0.516. The van der Waals surface area contributed by atoms with E-state index in [-0.39, 0.29) is 6.61 Å². The highest BCUT2D eigenvalue weighted by atomic mass is 28.5. The van der Waals surface area contributed by atoms with Crippen LogP contribution >= 0.6 is 0 Å². The van der Waals surface area contributed by atoms with Crippen molar-refractivity contribution in [1.82, 2.24) is 9.55 Å². The minimum absolute atomic E-state index is 0.177. The molecule has 1 N–H and O–H groups in total. The summed E-state index contributed by atoms with van der Waals surface area (Å²) in [7, 11) is -7.42. The Hall–Kier alpha value is -3.00. The van der Waals surface area contributed by atoms with E-state index in [0.717, 1.165) is 11.1 Å². The third-order valence-electron chi connectivity index (χ3n) is 6.74. The Morgan fingerprint density at radius 3 is 1.87 bits per heavy atom. The van der Waals surface area contributed by atoms with Gasteiger partial charge in [0.25, 0.3) is 5.56 Å². The Balaban J connectivity index is 1.76. The molecule has 250 valence electrons. The molecule has 4 rings (SSSR count). The van der Waals surface area contributed by atoms with E-state index in [9.17, 15) is 14.4 Å². The minimum atomic E-state index is -4.04. The third-order valence-corrected chi connectivity index (χ3v) is 14.7. The van der Waals surface area contributed by atoms with Crippen LogP contribution in [0, 0.1) is 0 Å². The molecule has 1 aliphatic heterocycles. The molecule has 0 radical (unpaired) electrons. The van der Waals surface area contributed by atoms with Crippen molar-refractivity contribution in [3.05, 3.63) is 105 Å². The number of aromatic amines is 1. The molecule has 12 nitrogen and oxygen atoms in total. The van der Waals surface area contributed by atoms with E-state index in [1.165, 1.54) is 30.9 Å². The van der Waals surface area contributed by atoms with Crippen molar-refractivity contribution in [1.29, 1.82) is 0 Å². The van der Waals surface area contributed by atoms with Crippen LogP contribution in [0.4, 0.5) is 0 Å². The first-order valence-corrected chi connectivity index (χ1v) is 23.5. The number of aromatic nitrogens is 2. The lowest BCUT2D eigenvalue weighted by molar-refractivity contribution is -0.155. The molecule has 4 atom stereocenters. The highest BCUT2D eigenvalue weighted by Gasteiger charge is 2.56. The number of esters is 1. The number of carbonyl (C=O) groups is 1. The molecule has 2 aromatic carbocycles. The number of nitrogens with zero attached hydrogens (tertiary/aromatic N) is 1. The van der Waals surface area contributed by atoms with Gasteiger partial charge < -0.3 is 31.3 Å². The van der Waals surface area contributed by atoms with Crippen molar-refractivity contribution >= 4 is 31.7 Å². The highest BCUT2D eigenvalue weighted by Crippen LogP contribution is 2.37. The van der Waals surface area contributed by atoms with Crippen molar-refractivity contribution in [2.75, 3.05) is 13.7 Å². The van der Waals surface area contributed by atoms with E-state index in [2.05, 4.69) is 4.98 Å². The monoisotopic (exact) mass is 688 g/mol. The fraction of sp³-hybridized carbons (Fsp3) is 0.452. The van der Waals surface area contributed by atoms with Crippen LogP contribution < -0.4 is 11.2 Å². The first kappa shape index (κ1) is 35.8. The summed E-state index contributed by atoms with van der Waals surface area (Å²) in [4.78, 5) is 39.0. The number of carbonyl (C=O) groups excluding carboxylic acids is 1. The van der Waals surface area contributed by atoms with Gasteiger partial charge in [0.1, 0.15) is 18.3 Å². The van der Waals surface area contributed by atoms with Crippen LogP contribution in [-0.2, 0) is 36.1 Å². The fourth-order valence-electron chi connectivity index (χ4n) is 5.10. The summed E-state index contributed by atoms with van der Waals surface area (Å²) in [6.07, 6.45) is -3.13. The van der Waals surface area contributed by atoms with E-state index in [1.54, 1.807) is 0 Å². The average molecular weight is 689 g/mol. The molecule has 1 aliphatic rings. The van der Waals surface area contributed by atoms with Crippen molar-refractivity contribution in [3.8, 4) is 0 Å². The Kier molecular flexibility index (Phi) is 11.6. The minimum Gasteiger partial charge on any atom is -0.457 e. The van der Waals surface area contributed by atoms with Crippen molar-refractivity contribution in [2.45, 2.75) is 76.8 Å². The number of hydrogen-bond donors (Lipinski definition) is 1. The van der Waals surface area contributed by atoms with Gasteiger partial charge in [0.05, 0.1) is 6.61 Å². The summed E-state index contributed by atoms with van der Waals surface area (Å²) in [6.45, 7) is 13.3. The fourth-order valence-corrected chi connectivity index (χ4v) is 13.5. The zero-order valence-electron chi connectivity index (χ0n) is 27.6. The number of H-pyrrole nitrogens is 1. The predicted molar refractivity (Wildman–Crippen MR) is 178 cm³/mol. The Morgan fingerprint density at radius 1 is 0.870 bits per heavy atom. The first-order valence-electron chi connectivity index (χ1n) is 15.1. The zero-order chi connectivity index (χ0) is 33.7. The maximum absolute atomic E-state index is 12.7. The van der Waals surface area contributed by atoms with Crippen LogP contribution in [-0.4, -0.2) is 73.2 Å². The molecule has 3 aromatic rings. The number of benzene rings is 2. The largest absolute Gasteiger partial charge is 0.659 e. The standard InChI is InChI=1S/C31H44N2O10Si3/c1-22(34)39-28-25(40-30(29(28)37-2)33-20-19-26(35)32-31(33)36)21-38-46(42-44(3,4)5,43-45(6,7)8)41-27(23-15-11-9-12-16-23)24-17-13-10-14-18-24/h9-20,25,27-30H,21H2,1-8H3,(H,32,35,36)/t25-,28?,29?,30-/m0/s1. The van der Waals surface area contributed by atoms with Crippen LogP contribution in [0.25, 0.3) is 0 Å². The summed E-state index contributed by atoms with van der Waals surface area (Å²) in [6, 6.07) is 20.8. The first-order chi connectivity index (χ1) is 21.6. The SMILES string of the molecule is COC1C(OC(C)=O)[C@H](CO[Si](OC(c2ccccc2)c2ccccc2)(O[Si](C)(C)C)O[Si](C)(C)C)O[C@@H]1n1ccc(=O)[nH]c1=O. The van der Waals surface area contributed by atoms with E-state index >= 15 is 0 Å². The van der Waals surface area contributed by atoms with Crippen LogP contribution in [0.3, 0.4) is 0 Å². The van der Waals surface area contributed by atoms with E-state index < -0.39 is 73.5 Å². The lowest BCUT2D eigenvalue weighted by atomic mass is 10.0. The van der Waals surface area contributed by atoms with Crippen molar-refractivity contribution in [3.63, 3.8) is 0 Å². The van der Waals surface area contributed by atoms with Gasteiger partial charge in [-0.1, -0.05) is 60.7 Å². The molecule has 1 saturated heterocycles. The average Bonchev–Trinajstić information content (AvgIpc) is 3.30. The highest BCUT2D eigenvalue weighted by molar-refractivity contribution is 6.83. The van der Waals surface area contributed by atoms with Gasteiger partial charge >= 0.3 is 20.7 Å². The summed E-state index contributed by atoms with van der Waals surface area (Å²) >= 11 is 0. The van der Waals surface area contributed by atoms with Gasteiger partial charge in [-0.15, -0.1) is 0 Å². The van der Waals surface area contributed by atoms with Crippen molar-refractivity contribution < 1.29 is 36.1 Å². The summed E-state index contributed by atoms with van der Waals surface area (Å²) < 4.78 is 46.2. The van der Waals surface area contributed by atoms with Crippen LogP contribution in [0.5, 0.6) is 0 Å². The molecule has 0 saturated carbocycles. The lowest BCUT2D eigenvalue weighted by Gasteiger charge is -2.40. The molecule has 0 aliphatic carbocycles. The molecule has 0 bridgehead atoms. The molecule has 1 aromatic heterocycles. The topological polar surface area (TPSA) is 137 Å².